The first-order chi connectivity index (χ1) is 11.4. The van der Waals surface area contributed by atoms with Crippen LogP contribution in [0.2, 0.25) is 0 Å². The lowest BCUT2D eigenvalue weighted by Crippen LogP contribution is -2.39. The fourth-order valence-corrected chi connectivity index (χ4v) is 2.02. The molecule has 0 bridgehead atoms. The summed E-state index contributed by atoms with van der Waals surface area (Å²) in [4.78, 5) is 7.91. The molecule has 0 aromatic carbocycles. The van der Waals surface area contributed by atoms with Crippen LogP contribution in [0.1, 0.15) is 32.3 Å². The van der Waals surface area contributed by atoms with Crippen molar-refractivity contribution in [3.63, 3.8) is 0 Å². The van der Waals surface area contributed by atoms with E-state index in [1.165, 1.54) is 12.3 Å². The number of rotatable bonds is 8. The Bertz CT molecular complexity index is 522. The zero-order valence-corrected chi connectivity index (χ0v) is 17.0. The van der Waals surface area contributed by atoms with Crippen LogP contribution >= 0.6 is 24.0 Å². The van der Waals surface area contributed by atoms with Crippen molar-refractivity contribution in [1.82, 2.24) is 15.6 Å². The zero-order valence-electron chi connectivity index (χ0n) is 14.7. The quantitative estimate of drug-likeness (QED) is 0.343. The largest absolute Gasteiger partial charge is 0.468 e. The van der Waals surface area contributed by atoms with Gasteiger partial charge < -0.3 is 15.4 Å². The minimum atomic E-state index is -4.38. The van der Waals surface area contributed by atoms with Crippen LogP contribution in [0.5, 0.6) is 5.88 Å². The molecule has 0 aliphatic heterocycles. The first-order valence-corrected chi connectivity index (χ1v) is 7.96. The van der Waals surface area contributed by atoms with E-state index in [1.807, 2.05) is 0 Å². The molecule has 25 heavy (non-hydrogen) atoms. The molecular weight excluding hydrogens is 448 g/mol. The first kappa shape index (κ1) is 23.7. The number of halogens is 4. The summed E-state index contributed by atoms with van der Waals surface area (Å²) in [7, 11) is 1.67. The molecule has 0 unspecified atom stereocenters. The van der Waals surface area contributed by atoms with Gasteiger partial charge in [-0.2, -0.15) is 13.2 Å². The molecular formula is C16H26F3IN4O. The summed E-state index contributed by atoms with van der Waals surface area (Å²) in [5.74, 6) is 1.18. The number of aliphatic imine (C=N–C) groups is 1. The van der Waals surface area contributed by atoms with E-state index in [9.17, 15) is 13.2 Å². The van der Waals surface area contributed by atoms with Crippen LogP contribution in [0.25, 0.3) is 0 Å². The molecule has 0 fully saturated rings. The SMILES string of the molecule is CCC(CC)CNC(=NC)NCc1ccnc(OCC(F)(F)F)c1.I. The van der Waals surface area contributed by atoms with E-state index in [4.69, 9.17) is 0 Å². The smallest absolute Gasteiger partial charge is 0.422 e. The van der Waals surface area contributed by atoms with Gasteiger partial charge in [0.05, 0.1) is 0 Å². The number of alkyl halides is 3. The van der Waals surface area contributed by atoms with Gasteiger partial charge >= 0.3 is 6.18 Å². The van der Waals surface area contributed by atoms with Crippen LogP contribution < -0.4 is 15.4 Å². The average Bonchev–Trinajstić information content (AvgIpc) is 2.56. The van der Waals surface area contributed by atoms with E-state index >= 15 is 0 Å². The fourth-order valence-electron chi connectivity index (χ4n) is 2.02. The predicted molar refractivity (Wildman–Crippen MR) is 103 cm³/mol. The van der Waals surface area contributed by atoms with Crippen LogP contribution in [0, 0.1) is 5.92 Å². The molecule has 0 aliphatic rings. The van der Waals surface area contributed by atoms with Gasteiger partial charge in [-0.3, -0.25) is 4.99 Å². The van der Waals surface area contributed by atoms with E-state index in [1.54, 1.807) is 13.1 Å². The maximum Gasteiger partial charge on any atom is 0.422 e. The number of hydrogen-bond donors (Lipinski definition) is 2. The van der Waals surface area contributed by atoms with Crippen molar-refractivity contribution in [3.05, 3.63) is 23.9 Å². The predicted octanol–water partition coefficient (Wildman–Crippen LogP) is 3.74. The zero-order chi connectivity index (χ0) is 18.0. The van der Waals surface area contributed by atoms with Crippen LogP contribution in [0.3, 0.4) is 0 Å². The van der Waals surface area contributed by atoms with E-state index < -0.39 is 12.8 Å². The highest BCUT2D eigenvalue weighted by atomic mass is 127. The number of hydrogen-bond acceptors (Lipinski definition) is 3. The highest BCUT2D eigenvalue weighted by Crippen LogP contribution is 2.17. The van der Waals surface area contributed by atoms with Crippen molar-refractivity contribution in [2.45, 2.75) is 39.4 Å². The molecule has 0 atom stereocenters. The van der Waals surface area contributed by atoms with Crippen molar-refractivity contribution in [1.29, 1.82) is 0 Å². The van der Waals surface area contributed by atoms with Crippen molar-refractivity contribution >= 4 is 29.9 Å². The van der Waals surface area contributed by atoms with Crippen LogP contribution in [-0.4, -0.2) is 37.3 Å². The Morgan fingerprint density at radius 2 is 1.96 bits per heavy atom. The lowest BCUT2D eigenvalue weighted by atomic mass is 10.0. The Hall–Kier alpha value is -1.26. The van der Waals surface area contributed by atoms with E-state index in [2.05, 4.69) is 39.2 Å². The minimum absolute atomic E-state index is 0. The molecule has 1 aromatic rings. The maximum atomic E-state index is 12.2. The van der Waals surface area contributed by atoms with Crippen LogP contribution in [-0.2, 0) is 6.54 Å². The molecule has 1 aromatic heterocycles. The van der Waals surface area contributed by atoms with E-state index in [0.29, 0.717) is 18.4 Å². The molecule has 0 aliphatic carbocycles. The number of nitrogens with zero attached hydrogens (tertiary/aromatic N) is 2. The lowest BCUT2D eigenvalue weighted by molar-refractivity contribution is -0.154. The van der Waals surface area contributed by atoms with Gasteiger partial charge in [0, 0.05) is 32.4 Å². The number of guanidine groups is 1. The van der Waals surface area contributed by atoms with Gasteiger partial charge in [0.25, 0.3) is 0 Å². The standard InChI is InChI=1S/C16H25F3N4O.HI/c1-4-12(5-2)9-22-15(20-3)23-10-13-6-7-21-14(8-13)24-11-16(17,18)19;/h6-8,12H,4-5,9-11H2,1-3H3,(H2,20,22,23);1H. The van der Waals surface area contributed by atoms with Crippen LogP contribution in [0.4, 0.5) is 13.2 Å². The Kier molecular flexibility index (Phi) is 11.5. The van der Waals surface area contributed by atoms with E-state index in [-0.39, 0.29) is 29.9 Å². The molecule has 5 nitrogen and oxygen atoms in total. The van der Waals surface area contributed by atoms with Crippen molar-refractivity contribution in [2.75, 3.05) is 20.2 Å². The fraction of sp³-hybridized carbons (Fsp3) is 0.625. The van der Waals surface area contributed by atoms with Gasteiger partial charge in [-0.1, -0.05) is 26.7 Å². The number of ether oxygens (including phenoxy) is 1. The summed E-state index contributed by atoms with van der Waals surface area (Å²) >= 11 is 0. The third kappa shape index (κ3) is 10.4. The third-order valence-electron chi connectivity index (χ3n) is 3.58. The second-order valence-corrected chi connectivity index (χ2v) is 5.40. The third-order valence-corrected chi connectivity index (χ3v) is 3.58. The molecule has 0 radical (unpaired) electrons. The molecule has 0 spiro atoms. The molecule has 2 N–H and O–H groups in total. The van der Waals surface area contributed by atoms with Crippen molar-refractivity contribution in [3.8, 4) is 5.88 Å². The Labute approximate surface area is 163 Å². The lowest BCUT2D eigenvalue weighted by Gasteiger charge is -2.17. The monoisotopic (exact) mass is 474 g/mol. The molecule has 144 valence electrons. The summed E-state index contributed by atoms with van der Waals surface area (Å²) in [5.41, 5.74) is 0.757. The van der Waals surface area contributed by atoms with E-state index in [0.717, 1.165) is 24.9 Å². The summed E-state index contributed by atoms with van der Waals surface area (Å²) < 4.78 is 41.1. The van der Waals surface area contributed by atoms with Gasteiger partial charge in [-0.15, -0.1) is 24.0 Å². The Morgan fingerprint density at radius 1 is 1.28 bits per heavy atom. The summed E-state index contributed by atoms with van der Waals surface area (Å²) in [6.07, 6.45) is -0.782. The topological polar surface area (TPSA) is 58.5 Å². The highest BCUT2D eigenvalue weighted by Gasteiger charge is 2.28. The van der Waals surface area contributed by atoms with Crippen molar-refractivity contribution < 1.29 is 17.9 Å². The molecule has 0 amide bonds. The minimum Gasteiger partial charge on any atom is -0.468 e. The van der Waals surface area contributed by atoms with Gasteiger partial charge in [0.1, 0.15) is 0 Å². The molecule has 0 saturated heterocycles. The van der Waals surface area contributed by atoms with Gasteiger partial charge in [-0.25, -0.2) is 4.98 Å². The molecule has 1 rings (SSSR count). The van der Waals surface area contributed by atoms with Gasteiger partial charge in [0.15, 0.2) is 12.6 Å². The Balaban J connectivity index is 0.00000576. The first-order valence-electron chi connectivity index (χ1n) is 7.96. The average molecular weight is 474 g/mol. The highest BCUT2D eigenvalue weighted by molar-refractivity contribution is 14.0. The van der Waals surface area contributed by atoms with Gasteiger partial charge in [-0.05, 0) is 17.5 Å². The molecule has 0 saturated carbocycles. The molecule has 1 heterocycles. The summed E-state index contributed by atoms with van der Waals surface area (Å²) in [6, 6.07) is 3.19. The second kappa shape index (κ2) is 12.2. The molecule has 9 heteroatoms. The summed E-state index contributed by atoms with van der Waals surface area (Å²) in [5, 5.41) is 6.37. The second-order valence-electron chi connectivity index (χ2n) is 5.40. The number of nitrogens with one attached hydrogen (secondary N) is 2. The van der Waals surface area contributed by atoms with Crippen LogP contribution in [0.15, 0.2) is 23.3 Å². The number of aromatic nitrogens is 1. The van der Waals surface area contributed by atoms with Crippen molar-refractivity contribution in [2.24, 2.45) is 10.9 Å². The Morgan fingerprint density at radius 3 is 2.52 bits per heavy atom. The summed E-state index contributed by atoms with van der Waals surface area (Å²) in [6.45, 7) is 4.17. The number of pyridine rings is 1. The van der Waals surface area contributed by atoms with Gasteiger partial charge in [0.2, 0.25) is 5.88 Å². The maximum absolute atomic E-state index is 12.2. The normalized spacial score (nSPS) is 11.9.